The second kappa shape index (κ2) is 5.21. The van der Waals surface area contributed by atoms with Gasteiger partial charge in [0.25, 0.3) is 0 Å². The molecule has 0 atom stereocenters. The van der Waals surface area contributed by atoms with Gasteiger partial charge in [0.1, 0.15) is 18.2 Å². The van der Waals surface area contributed by atoms with Crippen molar-refractivity contribution in [3.63, 3.8) is 0 Å². The van der Waals surface area contributed by atoms with Crippen LogP contribution in [0.2, 0.25) is 0 Å². The first-order valence-electron chi connectivity index (χ1n) is 6.02. The highest BCUT2D eigenvalue weighted by Gasteiger charge is 2.04. The number of aryl methyl sites for hydroxylation is 3. The number of hydrogen-bond acceptors (Lipinski definition) is 1. The van der Waals surface area contributed by atoms with Crippen LogP contribution in [0.4, 0.5) is 4.39 Å². The second-order valence-corrected chi connectivity index (χ2v) is 4.57. The first kappa shape index (κ1) is 12.6. The zero-order chi connectivity index (χ0) is 13.1. The molecule has 0 unspecified atom stereocenters. The highest BCUT2D eigenvalue weighted by Crippen LogP contribution is 2.19. The van der Waals surface area contributed by atoms with Crippen molar-refractivity contribution in [1.82, 2.24) is 0 Å². The monoisotopic (exact) mass is 244 g/mol. The molecule has 94 valence electrons. The predicted molar refractivity (Wildman–Crippen MR) is 71.4 cm³/mol. The van der Waals surface area contributed by atoms with Crippen LogP contribution < -0.4 is 4.74 Å². The lowest BCUT2D eigenvalue weighted by Gasteiger charge is -2.12. The number of halogens is 1. The predicted octanol–water partition coefficient (Wildman–Crippen LogP) is 4.33. The minimum Gasteiger partial charge on any atom is -0.489 e. The van der Waals surface area contributed by atoms with Crippen LogP contribution in [0.15, 0.2) is 36.4 Å². The molecule has 0 aliphatic heterocycles. The van der Waals surface area contributed by atoms with Gasteiger partial charge in [-0.15, -0.1) is 0 Å². The lowest BCUT2D eigenvalue weighted by atomic mass is 10.0. The zero-order valence-electron chi connectivity index (χ0n) is 11.0. The highest BCUT2D eigenvalue weighted by molar-refractivity contribution is 5.34. The van der Waals surface area contributed by atoms with E-state index in [1.54, 1.807) is 19.1 Å². The van der Waals surface area contributed by atoms with Crippen molar-refractivity contribution in [3.05, 3.63) is 64.5 Å². The second-order valence-electron chi connectivity index (χ2n) is 4.57. The molecule has 0 amide bonds. The van der Waals surface area contributed by atoms with Gasteiger partial charge in [0, 0.05) is 0 Å². The fourth-order valence-electron chi connectivity index (χ4n) is 1.94. The molecule has 2 rings (SSSR count). The van der Waals surface area contributed by atoms with Crippen LogP contribution in [0.1, 0.15) is 22.3 Å². The summed E-state index contributed by atoms with van der Waals surface area (Å²) in [6.45, 7) is 6.40. The molecular weight excluding hydrogens is 227 g/mol. The summed E-state index contributed by atoms with van der Waals surface area (Å²) in [7, 11) is 0. The molecule has 0 saturated carbocycles. The third kappa shape index (κ3) is 2.70. The number of hydrogen-bond donors (Lipinski definition) is 0. The summed E-state index contributed by atoms with van der Waals surface area (Å²) in [5.74, 6) is 0.506. The normalized spacial score (nSPS) is 10.4. The molecule has 0 N–H and O–H groups in total. The minimum atomic E-state index is -0.200. The largest absolute Gasteiger partial charge is 0.489 e. The molecule has 0 aliphatic rings. The molecule has 2 heteroatoms. The molecule has 0 aromatic heterocycles. The Bertz CT molecular complexity index is 541. The molecule has 18 heavy (non-hydrogen) atoms. The van der Waals surface area contributed by atoms with Crippen LogP contribution in [0.5, 0.6) is 5.75 Å². The summed E-state index contributed by atoms with van der Waals surface area (Å²) in [6, 6.07) is 11.0. The first-order valence-corrected chi connectivity index (χ1v) is 6.02. The summed E-state index contributed by atoms with van der Waals surface area (Å²) in [5, 5.41) is 0. The van der Waals surface area contributed by atoms with E-state index in [2.05, 4.69) is 26.0 Å². The molecule has 0 fully saturated rings. The van der Waals surface area contributed by atoms with E-state index in [0.29, 0.717) is 17.9 Å². The molecular formula is C16H17FO. The highest BCUT2D eigenvalue weighted by atomic mass is 19.1. The summed E-state index contributed by atoms with van der Waals surface area (Å²) >= 11 is 0. The van der Waals surface area contributed by atoms with Gasteiger partial charge in [-0.25, -0.2) is 4.39 Å². The smallest absolute Gasteiger partial charge is 0.126 e. The number of ether oxygens (including phenoxy) is 1. The summed E-state index contributed by atoms with van der Waals surface area (Å²) in [6.07, 6.45) is 0. The van der Waals surface area contributed by atoms with Gasteiger partial charge in [-0.2, -0.15) is 0 Å². The third-order valence-corrected chi connectivity index (χ3v) is 3.16. The molecule has 0 aliphatic carbocycles. The average molecular weight is 244 g/mol. The van der Waals surface area contributed by atoms with Crippen LogP contribution in [0, 0.1) is 26.6 Å². The van der Waals surface area contributed by atoms with Gasteiger partial charge in [0.05, 0.1) is 0 Å². The topological polar surface area (TPSA) is 9.23 Å². The lowest BCUT2D eigenvalue weighted by Crippen LogP contribution is -2.00. The third-order valence-electron chi connectivity index (χ3n) is 3.16. The lowest BCUT2D eigenvalue weighted by molar-refractivity contribution is 0.304. The van der Waals surface area contributed by atoms with E-state index >= 15 is 0 Å². The van der Waals surface area contributed by atoms with Crippen LogP contribution >= 0.6 is 0 Å². The SMILES string of the molecule is Cc1cc(OCc2c(C)cccc2C)ccc1F. The Kier molecular flexibility index (Phi) is 3.66. The van der Waals surface area contributed by atoms with Gasteiger partial charge in [0.15, 0.2) is 0 Å². The standard InChI is InChI=1S/C16H17FO/c1-11-5-4-6-12(2)15(11)10-18-14-7-8-16(17)13(3)9-14/h4-9H,10H2,1-3H3. The van der Waals surface area contributed by atoms with E-state index < -0.39 is 0 Å². The zero-order valence-corrected chi connectivity index (χ0v) is 11.0. The van der Waals surface area contributed by atoms with Gasteiger partial charge >= 0.3 is 0 Å². The van der Waals surface area contributed by atoms with Crippen LogP contribution in [-0.4, -0.2) is 0 Å². The van der Waals surface area contributed by atoms with Crippen LogP contribution in [0.25, 0.3) is 0 Å². The quantitative estimate of drug-likeness (QED) is 0.780. The first-order chi connectivity index (χ1) is 8.58. The van der Waals surface area contributed by atoms with Crippen molar-refractivity contribution in [2.24, 2.45) is 0 Å². The molecule has 0 radical (unpaired) electrons. The molecule has 2 aromatic rings. The Hall–Kier alpha value is -1.83. The molecule has 0 heterocycles. The van der Waals surface area contributed by atoms with E-state index in [-0.39, 0.29) is 5.82 Å². The van der Waals surface area contributed by atoms with E-state index in [0.717, 1.165) is 0 Å². The average Bonchev–Trinajstić information content (AvgIpc) is 2.33. The van der Waals surface area contributed by atoms with E-state index in [1.807, 2.05) is 6.07 Å². The summed E-state index contributed by atoms with van der Waals surface area (Å²) in [4.78, 5) is 0. The van der Waals surface area contributed by atoms with E-state index in [9.17, 15) is 4.39 Å². The summed E-state index contributed by atoms with van der Waals surface area (Å²) in [5.41, 5.74) is 4.23. The maximum absolute atomic E-state index is 13.1. The van der Waals surface area contributed by atoms with Crippen molar-refractivity contribution in [1.29, 1.82) is 0 Å². The van der Waals surface area contributed by atoms with E-state index in [4.69, 9.17) is 4.74 Å². The molecule has 1 nitrogen and oxygen atoms in total. The maximum atomic E-state index is 13.1. The fraction of sp³-hybridized carbons (Fsp3) is 0.250. The van der Waals surface area contributed by atoms with Crippen molar-refractivity contribution < 1.29 is 9.13 Å². The van der Waals surface area contributed by atoms with E-state index in [1.165, 1.54) is 22.8 Å². The fourth-order valence-corrected chi connectivity index (χ4v) is 1.94. The van der Waals surface area contributed by atoms with Gasteiger partial charge in [0.2, 0.25) is 0 Å². The summed E-state index contributed by atoms with van der Waals surface area (Å²) < 4.78 is 18.9. The van der Waals surface area contributed by atoms with Crippen molar-refractivity contribution in [3.8, 4) is 5.75 Å². The van der Waals surface area contributed by atoms with Crippen LogP contribution in [-0.2, 0) is 6.61 Å². The molecule has 0 saturated heterocycles. The van der Waals surface area contributed by atoms with Gasteiger partial charge in [-0.3, -0.25) is 0 Å². The Morgan fingerprint density at radius 2 is 1.61 bits per heavy atom. The minimum absolute atomic E-state index is 0.200. The van der Waals surface area contributed by atoms with Crippen molar-refractivity contribution >= 4 is 0 Å². The van der Waals surface area contributed by atoms with Crippen molar-refractivity contribution in [2.75, 3.05) is 0 Å². The molecule has 0 spiro atoms. The molecule has 0 bridgehead atoms. The number of benzene rings is 2. The van der Waals surface area contributed by atoms with Crippen molar-refractivity contribution in [2.45, 2.75) is 27.4 Å². The Morgan fingerprint density at radius 1 is 0.944 bits per heavy atom. The Balaban J connectivity index is 2.14. The maximum Gasteiger partial charge on any atom is 0.126 e. The van der Waals surface area contributed by atoms with Gasteiger partial charge in [-0.1, -0.05) is 18.2 Å². The van der Waals surface area contributed by atoms with Crippen LogP contribution in [0.3, 0.4) is 0 Å². The van der Waals surface area contributed by atoms with Gasteiger partial charge < -0.3 is 4.74 Å². The number of rotatable bonds is 3. The Morgan fingerprint density at radius 3 is 2.22 bits per heavy atom. The molecule has 2 aromatic carbocycles. The Labute approximate surface area is 107 Å². The van der Waals surface area contributed by atoms with Gasteiger partial charge in [-0.05, 0) is 61.2 Å².